The van der Waals surface area contributed by atoms with E-state index in [-0.39, 0.29) is 12.3 Å². The highest BCUT2D eigenvalue weighted by atomic mass is 16.5. The Morgan fingerprint density at radius 3 is 2.18 bits per heavy atom. The molecule has 4 rings (SSSR count). The molecular formula is C29H29N3O6. The van der Waals surface area contributed by atoms with Crippen LogP contribution in [0.5, 0.6) is 23.0 Å². The molecule has 0 aliphatic rings. The van der Waals surface area contributed by atoms with E-state index in [1.54, 1.807) is 42.6 Å². The molecule has 0 bridgehead atoms. The lowest BCUT2D eigenvalue weighted by atomic mass is 10.1. The summed E-state index contributed by atoms with van der Waals surface area (Å²) in [5.41, 5.74) is 7.83. The predicted octanol–water partition coefficient (Wildman–Crippen LogP) is 4.23. The number of carbonyl (C=O) groups excluding carboxylic acids is 2. The molecule has 0 saturated heterocycles. The van der Waals surface area contributed by atoms with Gasteiger partial charge >= 0.3 is 0 Å². The van der Waals surface area contributed by atoms with Gasteiger partial charge in [0.25, 0.3) is 5.91 Å². The SMILES string of the molecule is COc1cc(CCC(=O)NNC(=O)c2ccc(COc3cccc4cccnc34)cc2)cc(OC)c1OC. The lowest BCUT2D eigenvalue weighted by Crippen LogP contribution is -2.41. The Kier molecular flexibility index (Phi) is 8.61. The van der Waals surface area contributed by atoms with Gasteiger partial charge in [-0.2, -0.15) is 0 Å². The minimum atomic E-state index is -0.420. The zero-order valence-corrected chi connectivity index (χ0v) is 21.4. The smallest absolute Gasteiger partial charge is 0.269 e. The van der Waals surface area contributed by atoms with E-state index in [0.29, 0.717) is 41.6 Å². The molecule has 196 valence electrons. The third-order valence-corrected chi connectivity index (χ3v) is 5.89. The summed E-state index contributed by atoms with van der Waals surface area (Å²) in [4.78, 5) is 29.2. The molecule has 0 saturated carbocycles. The molecule has 0 aliphatic heterocycles. The Hall–Kier alpha value is -4.79. The first kappa shape index (κ1) is 26.3. The van der Waals surface area contributed by atoms with Crippen molar-refractivity contribution >= 4 is 22.7 Å². The number of carbonyl (C=O) groups is 2. The van der Waals surface area contributed by atoms with Crippen molar-refractivity contribution in [2.45, 2.75) is 19.4 Å². The van der Waals surface area contributed by atoms with Crippen LogP contribution in [0.2, 0.25) is 0 Å². The van der Waals surface area contributed by atoms with E-state index in [1.807, 2.05) is 30.3 Å². The van der Waals surface area contributed by atoms with Crippen molar-refractivity contribution in [2.24, 2.45) is 0 Å². The van der Waals surface area contributed by atoms with Crippen LogP contribution in [-0.4, -0.2) is 38.1 Å². The van der Waals surface area contributed by atoms with E-state index >= 15 is 0 Å². The van der Waals surface area contributed by atoms with Gasteiger partial charge in [-0.25, -0.2) is 0 Å². The van der Waals surface area contributed by atoms with Gasteiger partial charge in [-0.3, -0.25) is 25.4 Å². The first-order chi connectivity index (χ1) is 18.5. The molecule has 0 unspecified atom stereocenters. The number of amides is 2. The van der Waals surface area contributed by atoms with Gasteiger partial charge in [0, 0.05) is 23.6 Å². The summed E-state index contributed by atoms with van der Waals surface area (Å²) in [6, 6.07) is 20.2. The van der Waals surface area contributed by atoms with Gasteiger partial charge in [0.05, 0.1) is 21.3 Å². The van der Waals surface area contributed by atoms with Crippen LogP contribution in [0.1, 0.15) is 27.9 Å². The Bertz CT molecular complexity index is 1390. The number of rotatable bonds is 10. The maximum Gasteiger partial charge on any atom is 0.269 e. The second-order valence-corrected chi connectivity index (χ2v) is 8.35. The summed E-state index contributed by atoms with van der Waals surface area (Å²) >= 11 is 0. The van der Waals surface area contributed by atoms with Crippen LogP contribution in [0, 0.1) is 0 Å². The van der Waals surface area contributed by atoms with E-state index < -0.39 is 5.91 Å². The van der Waals surface area contributed by atoms with E-state index in [2.05, 4.69) is 15.8 Å². The number of ether oxygens (including phenoxy) is 4. The highest BCUT2D eigenvalue weighted by Crippen LogP contribution is 2.38. The summed E-state index contributed by atoms with van der Waals surface area (Å²) in [5, 5.41) is 1.00. The fourth-order valence-electron chi connectivity index (χ4n) is 3.90. The van der Waals surface area contributed by atoms with Crippen LogP contribution >= 0.6 is 0 Å². The van der Waals surface area contributed by atoms with E-state index in [0.717, 1.165) is 22.0 Å². The number of fused-ring (bicyclic) bond motifs is 1. The van der Waals surface area contributed by atoms with Crippen molar-refractivity contribution in [1.29, 1.82) is 0 Å². The zero-order chi connectivity index (χ0) is 26.9. The monoisotopic (exact) mass is 515 g/mol. The fourth-order valence-corrected chi connectivity index (χ4v) is 3.90. The number of benzene rings is 3. The third-order valence-electron chi connectivity index (χ3n) is 5.89. The zero-order valence-electron chi connectivity index (χ0n) is 21.4. The van der Waals surface area contributed by atoms with Gasteiger partial charge < -0.3 is 18.9 Å². The number of nitrogens with one attached hydrogen (secondary N) is 2. The Labute approximate surface area is 220 Å². The molecule has 0 radical (unpaired) electrons. The van der Waals surface area contributed by atoms with Crippen molar-refractivity contribution < 1.29 is 28.5 Å². The van der Waals surface area contributed by atoms with Gasteiger partial charge in [0.2, 0.25) is 11.7 Å². The molecule has 2 amide bonds. The van der Waals surface area contributed by atoms with Crippen molar-refractivity contribution in [1.82, 2.24) is 15.8 Å². The Morgan fingerprint density at radius 2 is 1.50 bits per heavy atom. The van der Waals surface area contributed by atoms with Gasteiger partial charge in [-0.1, -0.05) is 30.3 Å². The van der Waals surface area contributed by atoms with Gasteiger partial charge in [0.1, 0.15) is 17.9 Å². The quantitative estimate of drug-likeness (QED) is 0.304. The topological polar surface area (TPSA) is 108 Å². The van der Waals surface area contributed by atoms with Crippen LogP contribution < -0.4 is 29.8 Å². The van der Waals surface area contributed by atoms with Crippen molar-refractivity contribution in [2.75, 3.05) is 21.3 Å². The molecule has 0 spiro atoms. The van der Waals surface area contributed by atoms with Gasteiger partial charge in [-0.05, 0) is 53.9 Å². The number of pyridine rings is 1. The second kappa shape index (κ2) is 12.4. The molecule has 38 heavy (non-hydrogen) atoms. The number of hydrogen-bond acceptors (Lipinski definition) is 7. The predicted molar refractivity (Wildman–Crippen MR) is 143 cm³/mol. The lowest BCUT2D eigenvalue weighted by molar-refractivity contribution is -0.121. The molecular weight excluding hydrogens is 486 g/mol. The number of nitrogens with zero attached hydrogens (tertiary/aromatic N) is 1. The molecule has 2 N–H and O–H groups in total. The van der Waals surface area contributed by atoms with E-state index in [1.165, 1.54) is 21.3 Å². The molecule has 0 aliphatic carbocycles. The van der Waals surface area contributed by atoms with Crippen LogP contribution in [0.25, 0.3) is 10.9 Å². The van der Waals surface area contributed by atoms with Crippen molar-refractivity contribution in [3.05, 3.63) is 89.6 Å². The second-order valence-electron chi connectivity index (χ2n) is 8.35. The lowest BCUT2D eigenvalue weighted by Gasteiger charge is -2.14. The first-order valence-corrected chi connectivity index (χ1v) is 12.0. The average Bonchev–Trinajstić information content (AvgIpc) is 2.97. The molecule has 0 fully saturated rings. The van der Waals surface area contributed by atoms with E-state index in [9.17, 15) is 9.59 Å². The van der Waals surface area contributed by atoms with Crippen molar-refractivity contribution in [3.63, 3.8) is 0 Å². The molecule has 3 aromatic carbocycles. The summed E-state index contributed by atoms with van der Waals surface area (Å²) in [6.45, 7) is 0.329. The van der Waals surface area contributed by atoms with Crippen LogP contribution in [0.15, 0.2) is 72.9 Å². The van der Waals surface area contributed by atoms with Crippen molar-refractivity contribution in [3.8, 4) is 23.0 Å². The minimum absolute atomic E-state index is 0.151. The highest BCUT2D eigenvalue weighted by molar-refractivity contribution is 5.95. The molecule has 4 aromatic rings. The maximum absolute atomic E-state index is 12.5. The normalized spacial score (nSPS) is 10.5. The Balaban J connectivity index is 1.27. The molecule has 9 nitrogen and oxygen atoms in total. The van der Waals surface area contributed by atoms with Crippen LogP contribution in [-0.2, 0) is 17.8 Å². The number of hydrazine groups is 1. The van der Waals surface area contributed by atoms with E-state index in [4.69, 9.17) is 18.9 Å². The summed E-state index contributed by atoms with van der Waals surface area (Å²) < 4.78 is 22.0. The number of methoxy groups -OCH3 is 3. The Morgan fingerprint density at radius 1 is 0.789 bits per heavy atom. The number of aryl methyl sites for hydroxylation is 1. The highest BCUT2D eigenvalue weighted by Gasteiger charge is 2.14. The molecule has 1 aromatic heterocycles. The van der Waals surface area contributed by atoms with Gasteiger partial charge in [0.15, 0.2) is 11.5 Å². The summed E-state index contributed by atoms with van der Waals surface area (Å²) in [5.74, 6) is 1.45. The summed E-state index contributed by atoms with van der Waals surface area (Å²) in [6.07, 6.45) is 2.30. The van der Waals surface area contributed by atoms with Crippen LogP contribution in [0.3, 0.4) is 0 Å². The standard InChI is InChI=1S/C29H29N3O6/c1-35-24-16-20(17-25(36-2)28(24)37-3)11-14-26(33)31-32-29(34)22-12-9-19(10-13-22)18-38-23-8-4-6-21-7-5-15-30-27(21)23/h4-10,12-13,15-17H,11,14,18H2,1-3H3,(H,31,33)(H,32,34). The van der Waals surface area contributed by atoms with Crippen LogP contribution in [0.4, 0.5) is 0 Å². The first-order valence-electron chi connectivity index (χ1n) is 12.0. The summed E-state index contributed by atoms with van der Waals surface area (Å²) in [7, 11) is 4.60. The third kappa shape index (κ3) is 6.31. The average molecular weight is 516 g/mol. The maximum atomic E-state index is 12.5. The number of para-hydroxylation sites is 1. The number of hydrogen-bond donors (Lipinski definition) is 2. The molecule has 9 heteroatoms. The van der Waals surface area contributed by atoms with Gasteiger partial charge in [-0.15, -0.1) is 0 Å². The fraction of sp³-hybridized carbons (Fsp3) is 0.207. The molecule has 0 atom stereocenters. The number of aromatic nitrogens is 1. The minimum Gasteiger partial charge on any atom is -0.493 e. The largest absolute Gasteiger partial charge is 0.493 e. The molecule has 1 heterocycles.